The molecule has 8 heteroatoms. The maximum absolute atomic E-state index is 12.4. The number of anilines is 1. The Hall–Kier alpha value is -2.51. The molecule has 0 unspecified atom stereocenters. The molecule has 5 nitrogen and oxygen atoms in total. The number of benzene rings is 1. The van der Waals surface area contributed by atoms with E-state index in [2.05, 4.69) is 5.10 Å². The zero-order chi connectivity index (χ0) is 14.2. The third kappa shape index (κ3) is 2.51. The van der Waals surface area contributed by atoms with Gasteiger partial charge in [-0.1, -0.05) is 0 Å². The molecule has 0 fully saturated rings. The molecule has 0 aliphatic carbocycles. The Kier molecular flexibility index (Phi) is 2.93. The second-order valence-corrected chi connectivity index (χ2v) is 3.73. The molecule has 0 amide bonds. The fourth-order valence-corrected chi connectivity index (χ4v) is 1.49. The quantitative estimate of drug-likeness (QED) is 0.877. The van der Waals surface area contributed by atoms with E-state index in [0.29, 0.717) is 0 Å². The minimum absolute atomic E-state index is 0.0626. The summed E-state index contributed by atoms with van der Waals surface area (Å²) in [4.78, 5) is 10.7. The zero-order valence-corrected chi connectivity index (χ0v) is 9.35. The Bertz CT molecular complexity index is 617. The molecular formula is C11H8F3N3O2. The number of nitrogens with two attached hydrogens (primary N) is 1. The monoisotopic (exact) mass is 271 g/mol. The van der Waals surface area contributed by atoms with E-state index in [4.69, 9.17) is 10.8 Å². The smallest absolute Gasteiger partial charge is 0.416 e. The second-order valence-electron chi connectivity index (χ2n) is 3.73. The maximum Gasteiger partial charge on any atom is 0.416 e. The van der Waals surface area contributed by atoms with Crippen LogP contribution in [0.15, 0.2) is 30.5 Å². The van der Waals surface area contributed by atoms with E-state index in [1.54, 1.807) is 0 Å². The number of halogens is 3. The fourth-order valence-electron chi connectivity index (χ4n) is 1.49. The molecule has 2 rings (SSSR count). The molecule has 0 saturated carbocycles. The van der Waals surface area contributed by atoms with Crippen molar-refractivity contribution in [3.63, 3.8) is 0 Å². The number of hydrogen-bond donors (Lipinski definition) is 2. The number of carboxylic acid groups (broad SMARTS) is 1. The summed E-state index contributed by atoms with van der Waals surface area (Å²) in [5, 5.41) is 12.5. The van der Waals surface area contributed by atoms with Gasteiger partial charge in [0.15, 0.2) is 5.69 Å². The van der Waals surface area contributed by atoms with Crippen molar-refractivity contribution in [2.24, 2.45) is 0 Å². The standard InChI is InChI=1S/C11H8F3N3O2/c12-11(13,14)6-1-3-7(4-2-6)17-5-8(15)9(16-17)10(18)19/h1-5H,15H2,(H,18,19). The number of carboxylic acids is 1. The van der Waals surface area contributed by atoms with Gasteiger partial charge >= 0.3 is 12.1 Å². The lowest BCUT2D eigenvalue weighted by Gasteiger charge is -2.07. The molecule has 0 saturated heterocycles. The number of carbonyl (C=O) groups is 1. The lowest BCUT2D eigenvalue weighted by molar-refractivity contribution is -0.137. The van der Waals surface area contributed by atoms with E-state index in [-0.39, 0.29) is 17.1 Å². The van der Waals surface area contributed by atoms with Crippen molar-refractivity contribution >= 4 is 11.7 Å². The lowest BCUT2D eigenvalue weighted by Crippen LogP contribution is -2.05. The summed E-state index contributed by atoms with van der Waals surface area (Å²) in [5.41, 5.74) is 4.51. The van der Waals surface area contributed by atoms with Gasteiger partial charge in [-0.05, 0) is 24.3 Å². The van der Waals surface area contributed by atoms with Gasteiger partial charge < -0.3 is 10.8 Å². The van der Waals surface area contributed by atoms with E-state index >= 15 is 0 Å². The summed E-state index contributed by atoms with van der Waals surface area (Å²) in [6.45, 7) is 0. The van der Waals surface area contributed by atoms with Gasteiger partial charge in [-0.3, -0.25) is 0 Å². The fraction of sp³-hybridized carbons (Fsp3) is 0.0909. The van der Waals surface area contributed by atoms with Gasteiger partial charge in [0.1, 0.15) is 0 Å². The van der Waals surface area contributed by atoms with Crippen molar-refractivity contribution < 1.29 is 23.1 Å². The zero-order valence-electron chi connectivity index (χ0n) is 9.35. The number of rotatable bonds is 2. The molecular weight excluding hydrogens is 263 g/mol. The number of aromatic nitrogens is 2. The molecule has 100 valence electrons. The molecule has 1 aromatic carbocycles. The minimum Gasteiger partial charge on any atom is -0.476 e. The Labute approximate surface area is 105 Å². The third-order valence-electron chi connectivity index (χ3n) is 2.40. The number of hydrogen-bond acceptors (Lipinski definition) is 3. The van der Waals surface area contributed by atoms with Crippen LogP contribution in [0.3, 0.4) is 0 Å². The number of alkyl halides is 3. The first kappa shape index (κ1) is 12.9. The normalized spacial score (nSPS) is 11.5. The van der Waals surface area contributed by atoms with E-state index in [0.717, 1.165) is 16.8 Å². The molecule has 0 atom stereocenters. The van der Waals surface area contributed by atoms with Crippen LogP contribution in [0.1, 0.15) is 16.1 Å². The van der Waals surface area contributed by atoms with E-state index < -0.39 is 17.7 Å². The summed E-state index contributed by atoms with van der Waals surface area (Å²) < 4.78 is 38.2. The van der Waals surface area contributed by atoms with Crippen molar-refractivity contribution in [3.8, 4) is 5.69 Å². The van der Waals surface area contributed by atoms with Gasteiger partial charge in [0, 0.05) is 0 Å². The van der Waals surface area contributed by atoms with Crippen LogP contribution in [-0.4, -0.2) is 20.9 Å². The third-order valence-corrected chi connectivity index (χ3v) is 2.40. The highest BCUT2D eigenvalue weighted by Gasteiger charge is 2.30. The van der Waals surface area contributed by atoms with Gasteiger partial charge in [-0.2, -0.15) is 18.3 Å². The molecule has 0 aliphatic heterocycles. The van der Waals surface area contributed by atoms with E-state index in [1.165, 1.54) is 18.3 Å². The van der Waals surface area contributed by atoms with Crippen LogP contribution in [0.2, 0.25) is 0 Å². The molecule has 1 aromatic heterocycles. The summed E-state index contributed by atoms with van der Waals surface area (Å²) in [6, 6.07) is 4.13. The molecule has 19 heavy (non-hydrogen) atoms. The first-order valence-corrected chi connectivity index (χ1v) is 5.05. The highest BCUT2D eigenvalue weighted by atomic mass is 19.4. The molecule has 1 heterocycles. The SMILES string of the molecule is Nc1cn(-c2ccc(C(F)(F)F)cc2)nc1C(=O)O. The van der Waals surface area contributed by atoms with Crippen LogP contribution in [-0.2, 0) is 6.18 Å². The van der Waals surface area contributed by atoms with Gasteiger partial charge in [0.05, 0.1) is 23.1 Å². The van der Waals surface area contributed by atoms with Crippen LogP contribution in [0.5, 0.6) is 0 Å². The van der Waals surface area contributed by atoms with Crippen LogP contribution >= 0.6 is 0 Å². The topological polar surface area (TPSA) is 81.1 Å². The van der Waals surface area contributed by atoms with Gasteiger partial charge in [-0.15, -0.1) is 0 Å². The molecule has 0 aliphatic rings. The summed E-state index contributed by atoms with van der Waals surface area (Å²) in [5.74, 6) is -1.30. The van der Waals surface area contributed by atoms with Crippen LogP contribution in [0.25, 0.3) is 5.69 Å². The first-order valence-electron chi connectivity index (χ1n) is 5.05. The highest BCUT2D eigenvalue weighted by molar-refractivity contribution is 5.91. The van der Waals surface area contributed by atoms with Crippen molar-refractivity contribution in [3.05, 3.63) is 41.7 Å². The maximum atomic E-state index is 12.4. The average molecular weight is 271 g/mol. The van der Waals surface area contributed by atoms with Crippen LogP contribution in [0, 0.1) is 0 Å². The largest absolute Gasteiger partial charge is 0.476 e. The molecule has 2 aromatic rings. The Morgan fingerprint density at radius 2 is 1.84 bits per heavy atom. The molecule has 3 N–H and O–H groups in total. The Morgan fingerprint density at radius 1 is 1.26 bits per heavy atom. The summed E-state index contributed by atoms with van der Waals surface area (Å²) in [6.07, 6.45) is -3.19. The van der Waals surface area contributed by atoms with Crippen molar-refractivity contribution in [2.75, 3.05) is 5.73 Å². The lowest BCUT2D eigenvalue weighted by atomic mass is 10.2. The number of nitrogens with zero attached hydrogens (tertiary/aromatic N) is 2. The van der Waals surface area contributed by atoms with E-state index in [9.17, 15) is 18.0 Å². The minimum atomic E-state index is -4.42. The Balaban J connectivity index is 2.38. The van der Waals surface area contributed by atoms with E-state index in [1.807, 2.05) is 0 Å². The van der Waals surface area contributed by atoms with Gasteiger partial charge in [0.25, 0.3) is 0 Å². The highest BCUT2D eigenvalue weighted by Crippen LogP contribution is 2.29. The molecule has 0 radical (unpaired) electrons. The Morgan fingerprint density at radius 3 is 2.26 bits per heavy atom. The van der Waals surface area contributed by atoms with Crippen molar-refractivity contribution in [1.82, 2.24) is 9.78 Å². The van der Waals surface area contributed by atoms with Crippen molar-refractivity contribution in [1.29, 1.82) is 0 Å². The van der Waals surface area contributed by atoms with Crippen LogP contribution < -0.4 is 5.73 Å². The average Bonchev–Trinajstić information content (AvgIpc) is 2.70. The predicted octanol–water partition coefficient (Wildman–Crippen LogP) is 2.17. The van der Waals surface area contributed by atoms with Crippen molar-refractivity contribution in [2.45, 2.75) is 6.18 Å². The van der Waals surface area contributed by atoms with Gasteiger partial charge in [-0.25, -0.2) is 9.48 Å². The second kappa shape index (κ2) is 4.30. The number of nitrogen functional groups attached to an aromatic ring is 1. The summed E-state index contributed by atoms with van der Waals surface area (Å²) >= 11 is 0. The van der Waals surface area contributed by atoms with Crippen LogP contribution in [0.4, 0.5) is 18.9 Å². The molecule has 0 spiro atoms. The summed E-state index contributed by atoms with van der Waals surface area (Å²) in [7, 11) is 0. The predicted molar refractivity (Wildman–Crippen MR) is 59.9 cm³/mol. The first-order chi connectivity index (χ1) is 8.79. The number of aromatic carboxylic acids is 1. The molecule has 0 bridgehead atoms. The van der Waals surface area contributed by atoms with Gasteiger partial charge in [0.2, 0.25) is 0 Å².